The van der Waals surface area contributed by atoms with E-state index in [4.69, 9.17) is 37.9 Å². The second-order valence-electron chi connectivity index (χ2n) is 35.7. The van der Waals surface area contributed by atoms with E-state index in [0.29, 0.717) is 19.3 Å². The largest absolute Gasteiger partial charge is 0.444 e. The lowest BCUT2D eigenvalue weighted by Gasteiger charge is -2.28. The van der Waals surface area contributed by atoms with Crippen LogP contribution < -0.4 is 79.8 Å². The number of carbonyl (C=O) groups is 15. The van der Waals surface area contributed by atoms with Gasteiger partial charge >= 0.3 is 48.7 Å². The highest BCUT2D eigenvalue weighted by atomic mass is 28.3. The Kier molecular flexibility index (Phi) is 40.0. The summed E-state index contributed by atoms with van der Waals surface area (Å²) in [6, 6.07) is -5.50. The van der Waals surface area contributed by atoms with E-state index in [9.17, 15) is 62.3 Å². The highest BCUT2D eigenvalue weighted by Crippen LogP contribution is 2.15. The lowest BCUT2D eigenvalue weighted by Crippen LogP contribution is -2.64. The van der Waals surface area contributed by atoms with Gasteiger partial charge in [-0.1, -0.05) is 37.7 Å². The molecule has 7 atom stereocenters. The minimum Gasteiger partial charge on any atom is -0.444 e. The molecule has 0 saturated heterocycles. The minimum atomic E-state index is -2.07. The number of unbranched alkanes of at least 4 members (excludes halogenated alkanes) is 1. The van der Waals surface area contributed by atoms with Crippen molar-refractivity contribution in [3.8, 4) is 11.5 Å². The molecule has 0 fully saturated rings. The number of ether oxygens (including phenoxy) is 8. The summed E-state index contributed by atoms with van der Waals surface area (Å²) in [6.45, 7) is 37.7. The summed E-state index contributed by atoms with van der Waals surface area (Å²) in [6.07, 6.45) is -7.49. The molecule has 0 aliphatic carbocycles. The van der Waals surface area contributed by atoms with E-state index in [1.54, 1.807) is 83.1 Å². The Bertz CT molecular complexity index is 3580. The summed E-state index contributed by atoms with van der Waals surface area (Å²) in [4.78, 5) is 209. The number of aryl methyl sites for hydroxylation is 1. The molecule has 1 aromatic carbocycles. The molecule has 1 aromatic rings. The Balaban J connectivity index is 4.46. The molecule has 15 amide bonds. The Morgan fingerprint density at radius 1 is 0.296 bits per heavy atom. The number of amides is 15. The van der Waals surface area contributed by atoms with Crippen molar-refractivity contribution in [3.63, 3.8) is 0 Å². The van der Waals surface area contributed by atoms with E-state index in [1.807, 2.05) is 24.3 Å². The molecule has 0 heterocycles. The summed E-state index contributed by atoms with van der Waals surface area (Å²) in [5.41, 5.74) is -3.65. The van der Waals surface area contributed by atoms with Crippen molar-refractivity contribution in [3.05, 3.63) is 35.4 Å². The summed E-state index contributed by atoms with van der Waals surface area (Å²) in [5, 5.41) is 36.2. The topological polar surface area (TPSA) is 510 Å². The zero-order valence-electron chi connectivity index (χ0n) is 72.0. The van der Waals surface area contributed by atoms with Gasteiger partial charge < -0.3 is 118 Å². The maximum atomic E-state index is 15.3. The first-order valence-electron chi connectivity index (χ1n) is 37.7. The number of benzene rings is 1. The van der Waals surface area contributed by atoms with Crippen molar-refractivity contribution in [2.24, 2.45) is 0 Å². The Morgan fingerprint density at radius 2 is 0.522 bits per heavy atom. The third-order valence-electron chi connectivity index (χ3n) is 13.5. The van der Waals surface area contributed by atoms with Crippen LogP contribution >= 0.6 is 0 Å². The molecule has 0 aliphatic rings. The molecule has 1 rings (SSSR count). The smallest absolute Gasteiger partial charge is 0.408 e. The standard InChI is InChI=1S/C76H129N15O23Si/c1-69(2,3)107-61(99)81-41-49(88-65(103)111-73(13,14)15)56(94)79-39-48(86-59(97)52(90-67(105)113-75(19,20)21)43-83-63(101)109-71(7,8)9)55(93)78-38-47(54(92)77-35-29-28-31-45-32-30-33-46(37-45)34-36-115(25,26)27)85-58(96)51(87-60(98)53(91-68(106)114-76(22,23)24)44-84-64(102)110-72(10,11)12)40-80-57(95)50(89-66(104)112-74(16,17)18)42-82-62(100)108-70(4,5)6/h30,32-33,37,47-53H,28-29,31,35,38-44H2,1-27H3,(H,77,92)(H,78,93)(H,79,94)(H,80,95)(H,81,99)(H,82,100)(H,83,101)(H,84,102)(H,85,96)(H,86,97)(H,87,98)(H,88,103)(H,89,104)(H,90,105)(H,91,106). The van der Waals surface area contributed by atoms with Gasteiger partial charge in [-0.25, -0.2) is 38.4 Å². The predicted molar refractivity (Wildman–Crippen MR) is 427 cm³/mol. The van der Waals surface area contributed by atoms with Crippen LogP contribution in [-0.2, 0) is 77.9 Å². The minimum absolute atomic E-state index is 0.0775. The molecular formula is C76H129N15O23Si. The van der Waals surface area contributed by atoms with Crippen molar-refractivity contribution in [2.75, 3.05) is 52.4 Å². The van der Waals surface area contributed by atoms with Crippen LogP contribution in [0, 0.1) is 11.5 Å². The summed E-state index contributed by atoms with van der Waals surface area (Å²) in [7, 11) is -1.73. The van der Waals surface area contributed by atoms with Gasteiger partial charge in [-0.15, -0.1) is 5.54 Å². The van der Waals surface area contributed by atoms with Crippen LogP contribution in [0.3, 0.4) is 0 Å². The van der Waals surface area contributed by atoms with Crippen molar-refractivity contribution in [2.45, 2.75) is 292 Å². The van der Waals surface area contributed by atoms with Crippen LogP contribution in [0.15, 0.2) is 24.3 Å². The number of nitrogens with one attached hydrogen (secondary N) is 15. The van der Waals surface area contributed by atoms with Crippen LogP contribution in [0.4, 0.5) is 38.4 Å². The SMILES string of the molecule is CC(C)(C)OC(=O)NCC(NC(=O)OC(C)(C)C)C(=O)NCC(NC(=O)C(CNC(=O)OC(C)(C)C)NC(=O)OC(C)(C)C)C(=O)NCC(NC(=O)C(CNC(=O)C(CNC(=O)OC(C)(C)C)NC(=O)OC(C)(C)C)NC(=O)C(CNC(=O)OC(C)(C)C)NC(=O)OC(C)(C)C)C(=O)NCCCCc1cccc(C#C[Si](C)(C)C)c1. The summed E-state index contributed by atoms with van der Waals surface area (Å²) >= 11 is 0. The molecule has 650 valence electrons. The van der Waals surface area contributed by atoms with Gasteiger partial charge in [-0.2, -0.15) is 0 Å². The third kappa shape index (κ3) is 51.0. The molecule has 0 aliphatic heterocycles. The zero-order valence-corrected chi connectivity index (χ0v) is 73.0. The van der Waals surface area contributed by atoms with Crippen molar-refractivity contribution in [1.82, 2.24) is 79.8 Å². The van der Waals surface area contributed by atoms with Crippen LogP contribution in [0.1, 0.15) is 190 Å². The fourth-order valence-corrected chi connectivity index (χ4v) is 9.43. The molecule has 15 N–H and O–H groups in total. The normalized spacial score (nSPS) is 13.8. The molecule has 0 bridgehead atoms. The molecule has 115 heavy (non-hydrogen) atoms. The second kappa shape index (κ2) is 44.9. The first kappa shape index (κ1) is 102. The summed E-state index contributed by atoms with van der Waals surface area (Å²) < 4.78 is 43.0. The van der Waals surface area contributed by atoms with Gasteiger partial charge in [0.2, 0.25) is 41.4 Å². The number of hydrogen-bond acceptors (Lipinski definition) is 23. The Hall–Kier alpha value is -10.6. The quantitative estimate of drug-likeness (QED) is 0.0194. The van der Waals surface area contributed by atoms with Crippen molar-refractivity contribution < 1.29 is 110 Å². The molecule has 39 heteroatoms. The third-order valence-corrected chi connectivity index (χ3v) is 14.3. The predicted octanol–water partition coefficient (Wildman–Crippen LogP) is 4.83. The zero-order chi connectivity index (χ0) is 88.6. The number of hydrogen-bond donors (Lipinski definition) is 15. The van der Waals surface area contributed by atoms with Crippen LogP contribution in [0.2, 0.25) is 19.6 Å². The van der Waals surface area contributed by atoms with Gasteiger partial charge in [0.05, 0.1) is 26.2 Å². The first-order chi connectivity index (χ1) is 52.2. The van der Waals surface area contributed by atoms with Gasteiger partial charge in [-0.05, 0) is 203 Å². The van der Waals surface area contributed by atoms with E-state index in [-0.39, 0.29) is 6.54 Å². The van der Waals surface area contributed by atoms with Crippen LogP contribution in [-0.4, -0.2) is 238 Å². The second-order valence-corrected chi connectivity index (χ2v) is 40.4. The van der Waals surface area contributed by atoms with Gasteiger partial charge in [0.15, 0.2) is 0 Å². The van der Waals surface area contributed by atoms with E-state index < -0.39 is 231 Å². The average Bonchev–Trinajstić information content (AvgIpc) is 0.856. The van der Waals surface area contributed by atoms with E-state index >= 15 is 9.59 Å². The number of rotatable bonds is 33. The molecule has 38 nitrogen and oxygen atoms in total. The van der Waals surface area contributed by atoms with E-state index in [0.717, 1.165) is 11.1 Å². The number of carbonyl (C=O) groups excluding carboxylic acids is 15. The molecule has 0 aromatic heterocycles. The van der Waals surface area contributed by atoms with Crippen LogP contribution in [0.25, 0.3) is 0 Å². The highest BCUT2D eigenvalue weighted by Gasteiger charge is 2.37. The fraction of sp³-hybridized carbons (Fsp3) is 0.697. The van der Waals surface area contributed by atoms with E-state index in [1.165, 1.54) is 83.1 Å². The lowest BCUT2D eigenvalue weighted by atomic mass is 10.1. The molecule has 0 spiro atoms. The molecule has 7 unspecified atom stereocenters. The monoisotopic (exact) mass is 1650 g/mol. The van der Waals surface area contributed by atoms with Gasteiger partial charge in [-0.3, -0.25) is 33.6 Å². The maximum absolute atomic E-state index is 15.3. The molecular weight excluding hydrogens is 1520 g/mol. The van der Waals surface area contributed by atoms with Crippen molar-refractivity contribution >= 4 is 98.2 Å². The highest BCUT2D eigenvalue weighted by molar-refractivity contribution is 6.83. The van der Waals surface area contributed by atoms with Crippen LogP contribution in [0.5, 0.6) is 0 Å². The Morgan fingerprint density at radius 3 is 0.783 bits per heavy atom. The number of alkyl carbamates (subject to hydrolysis) is 8. The Labute approximate surface area is 676 Å². The van der Waals surface area contributed by atoms with Gasteiger partial charge in [0.25, 0.3) is 0 Å². The molecule has 0 radical (unpaired) electrons. The van der Waals surface area contributed by atoms with E-state index in [2.05, 4.69) is 111 Å². The first-order valence-corrected chi connectivity index (χ1v) is 41.2. The lowest BCUT2D eigenvalue weighted by molar-refractivity contribution is -0.133. The van der Waals surface area contributed by atoms with Gasteiger partial charge in [0, 0.05) is 31.7 Å². The fourth-order valence-electron chi connectivity index (χ4n) is 8.91. The average molecular weight is 1650 g/mol. The maximum Gasteiger partial charge on any atom is 0.408 e. The molecule has 0 saturated carbocycles. The summed E-state index contributed by atoms with van der Waals surface area (Å²) in [5.74, 6) is -5.09. The van der Waals surface area contributed by atoms with Crippen molar-refractivity contribution in [1.29, 1.82) is 0 Å². The van der Waals surface area contributed by atoms with Gasteiger partial charge in [0.1, 0.15) is 95.2 Å².